The van der Waals surface area contributed by atoms with Gasteiger partial charge < -0.3 is 9.47 Å². The summed E-state index contributed by atoms with van der Waals surface area (Å²) in [6.07, 6.45) is 3.91. The van der Waals surface area contributed by atoms with Crippen molar-refractivity contribution in [2.75, 3.05) is 13.1 Å². The molecule has 118 valence electrons. The number of aryl methyl sites for hydroxylation is 1. The normalized spacial score (nSPS) is 16.1. The molecule has 0 unspecified atom stereocenters. The van der Waals surface area contributed by atoms with E-state index < -0.39 is 0 Å². The molecule has 1 saturated heterocycles. The van der Waals surface area contributed by atoms with Gasteiger partial charge in [-0.3, -0.25) is 4.79 Å². The van der Waals surface area contributed by atoms with Crippen LogP contribution in [0.5, 0.6) is 0 Å². The van der Waals surface area contributed by atoms with Gasteiger partial charge in [-0.15, -0.1) is 11.3 Å². The maximum atomic E-state index is 12.6. The molecule has 4 rings (SSSR count). The summed E-state index contributed by atoms with van der Waals surface area (Å²) in [6, 6.07) is 12.1. The van der Waals surface area contributed by atoms with Crippen LogP contribution >= 0.6 is 11.3 Å². The van der Waals surface area contributed by atoms with Crippen molar-refractivity contribution in [3.8, 4) is 0 Å². The van der Waals surface area contributed by atoms with Crippen molar-refractivity contribution in [3.05, 3.63) is 53.3 Å². The largest absolute Gasteiger partial charge is 0.347 e. The maximum absolute atomic E-state index is 12.6. The average molecular weight is 325 g/mol. The minimum atomic E-state index is 0.139. The van der Waals surface area contributed by atoms with Crippen molar-refractivity contribution in [1.82, 2.24) is 14.5 Å². The first kappa shape index (κ1) is 14.5. The molecule has 1 fully saturated rings. The molecule has 0 N–H and O–H groups in total. The number of carbonyl (C=O) groups is 1. The molecule has 0 bridgehead atoms. The van der Waals surface area contributed by atoms with E-state index in [0.717, 1.165) is 37.1 Å². The Labute approximate surface area is 139 Å². The van der Waals surface area contributed by atoms with Crippen molar-refractivity contribution in [1.29, 1.82) is 0 Å². The molecular formula is C18H19N3OS. The number of thiazole rings is 1. The van der Waals surface area contributed by atoms with Crippen LogP contribution in [-0.2, 0) is 7.05 Å². The number of aromatic nitrogens is 2. The van der Waals surface area contributed by atoms with E-state index in [-0.39, 0.29) is 5.91 Å². The molecule has 1 aliphatic rings. The predicted molar refractivity (Wildman–Crippen MR) is 92.9 cm³/mol. The van der Waals surface area contributed by atoms with Crippen LogP contribution < -0.4 is 0 Å². The summed E-state index contributed by atoms with van der Waals surface area (Å²) in [5, 5.41) is 1.22. The summed E-state index contributed by atoms with van der Waals surface area (Å²) >= 11 is 1.79. The van der Waals surface area contributed by atoms with Crippen LogP contribution in [0, 0.1) is 0 Å². The zero-order valence-corrected chi connectivity index (χ0v) is 13.9. The van der Waals surface area contributed by atoms with Gasteiger partial charge in [0.2, 0.25) is 0 Å². The van der Waals surface area contributed by atoms with E-state index in [0.29, 0.717) is 5.92 Å². The van der Waals surface area contributed by atoms with Crippen molar-refractivity contribution < 1.29 is 4.79 Å². The van der Waals surface area contributed by atoms with Gasteiger partial charge in [0, 0.05) is 32.3 Å². The number of fused-ring (bicyclic) bond motifs is 1. The minimum Gasteiger partial charge on any atom is -0.347 e. The molecule has 5 heteroatoms. The second-order valence-electron chi connectivity index (χ2n) is 6.09. The van der Waals surface area contributed by atoms with Crippen LogP contribution in [0.2, 0.25) is 0 Å². The van der Waals surface area contributed by atoms with Crippen LogP contribution in [0.15, 0.2) is 42.6 Å². The van der Waals surface area contributed by atoms with Crippen LogP contribution in [0.1, 0.15) is 34.3 Å². The summed E-state index contributed by atoms with van der Waals surface area (Å²) < 4.78 is 3.15. The molecule has 0 aliphatic carbocycles. The number of amides is 1. The molecule has 23 heavy (non-hydrogen) atoms. The lowest BCUT2D eigenvalue weighted by atomic mass is 9.97. The van der Waals surface area contributed by atoms with Gasteiger partial charge in [0.25, 0.3) is 5.91 Å². The molecule has 3 aromatic rings. The Morgan fingerprint density at radius 1 is 1.17 bits per heavy atom. The molecule has 0 radical (unpaired) electrons. The average Bonchev–Trinajstić information content (AvgIpc) is 3.20. The number of likely N-dealkylation sites (tertiary alicyclic amines) is 1. The molecule has 3 heterocycles. The van der Waals surface area contributed by atoms with Crippen molar-refractivity contribution in [3.63, 3.8) is 0 Å². The standard InChI is InChI=1S/C18H19N3OS/c1-20-10-4-6-15(20)18(22)21-11-8-13(9-12-21)17-19-14-5-2-3-7-16(14)23-17/h2-7,10,13H,8-9,11-12H2,1H3. The highest BCUT2D eigenvalue weighted by atomic mass is 32.1. The van der Waals surface area contributed by atoms with E-state index in [9.17, 15) is 4.79 Å². The van der Waals surface area contributed by atoms with E-state index >= 15 is 0 Å². The molecule has 1 aliphatic heterocycles. The molecule has 0 atom stereocenters. The van der Waals surface area contributed by atoms with Gasteiger partial charge in [0.1, 0.15) is 5.69 Å². The Balaban J connectivity index is 1.46. The van der Waals surface area contributed by atoms with E-state index in [4.69, 9.17) is 4.98 Å². The van der Waals surface area contributed by atoms with Gasteiger partial charge in [-0.05, 0) is 37.1 Å². The summed E-state index contributed by atoms with van der Waals surface area (Å²) in [7, 11) is 1.92. The van der Waals surface area contributed by atoms with Gasteiger partial charge >= 0.3 is 0 Å². The SMILES string of the molecule is Cn1cccc1C(=O)N1CCC(c2nc3ccccc3s2)CC1. The third kappa shape index (κ3) is 2.65. The highest BCUT2D eigenvalue weighted by Gasteiger charge is 2.27. The van der Waals surface area contributed by atoms with Crippen LogP contribution in [-0.4, -0.2) is 33.4 Å². The van der Waals surface area contributed by atoms with E-state index in [1.807, 2.05) is 40.9 Å². The van der Waals surface area contributed by atoms with Crippen LogP contribution in [0.3, 0.4) is 0 Å². The minimum absolute atomic E-state index is 0.139. The number of benzene rings is 1. The van der Waals surface area contributed by atoms with E-state index in [2.05, 4.69) is 18.2 Å². The highest BCUT2D eigenvalue weighted by molar-refractivity contribution is 7.18. The zero-order chi connectivity index (χ0) is 15.8. The Hall–Kier alpha value is -2.14. The summed E-state index contributed by atoms with van der Waals surface area (Å²) in [6.45, 7) is 1.62. The van der Waals surface area contributed by atoms with Gasteiger partial charge in [0.15, 0.2) is 0 Å². The molecule has 1 aromatic carbocycles. The number of hydrogen-bond donors (Lipinski definition) is 0. The van der Waals surface area contributed by atoms with Gasteiger partial charge in [-0.2, -0.15) is 0 Å². The first-order chi connectivity index (χ1) is 11.2. The highest BCUT2D eigenvalue weighted by Crippen LogP contribution is 2.34. The monoisotopic (exact) mass is 325 g/mol. The van der Waals surface area contributed by atoms with E-state index in [1.165, 1.54) is 9.71 Å². The maximum Gasteiger partial charge on any atom is 0.270 e. The van der Waals surface area contributed by atoms with Gasteiger partial charge in [0.05, 0.1) is 15.2 Å². The predicted octanol–water partition coefficient (Wildman–Crippen LogP) is 3.65. The fourth-order valence-corrected chi connectivity index (χ4v) is 4.38. The lowest BCUT2D eigenvalue weighted by Crippen LogP contribution is -2.38. The lowest BCUT2D eigenvalue weighted by molar-refractivity contribution is 0.0703. The fourth-order valence-electron chi connectivity index (χ4n) is 3.24. The second kappa shape index (κ2) is 5.81. The second-order valence-corrected chi connectivity index (χ2v) is 7.15. The molecule has 0 saturated carbocycles. The molecular weight excluding hydrogens is 306 g/mol. The summed E-state index contributed by atoms with van der Waals surface area (Å²) in [5.41, 5.74) is 1.86. The van der Waals surface area contributed by atoms with Gasteiger partial charge in [-0.25, -0.2) is 4.98 Å². The smallest absolute Gasteiger partial charge is 0.270 e. The molecule has 4 nitrogen and oxygen atoms in total. The number of nitrogens with zero attached hydrogens (tertiary/aromatic N) is 3. The Morgan fingerprint density at radius 2 is 1.96 bits per heavy atom. The number of piperidine rings is 1. The van der Waals surface area contributed by atoms with Gasteiger partial charge in [-0.1, -0.05) is 12.1 Å². The summed E-state index contributed by atoms with van der Waals surface area (Å²) in [4.78, 5) is 19.3. The topological polar surface area (TPSA) is 38.1 Å². The quantitative estimate of drug-likeness (QED) is 0.721. The first-order valence-corrected chi connectivity index (χ1v) is 8.80. The summed E-state index contributed by atoms with van der Waals surface area (Å²) in [5.74, 6) is 0.616. The Bertz CT molecular complexity index is 810. The van der Waals surface area contributed by atoms with Crippen LogP contribution in [0.25, 0.3) is 10.2 Å². The van der Waals surface area contributed by atoms with Crippen molar-refractivity contribution >= 4 is 27.5 Å². The number of para-hydroxylation sites is 1. The Morgan fingerprint density at radius 3 is 2.65 bits per heavy atom. The number of hydrogen-bond acceptors (Lipinski definition) is 3. The van der Waals surface area contributed by atoms with E-state index in [1.54, 1.807) is 11.3 Å². The first-order valence-electron chi connectivity index (χ1n) is 7.98. The number of carbonyl (C=O) groups excluding carboxylic acids is 1. The third-order valence-corrected chi connectivity index (χ3v) is 5.80. The third-order valence-electron chi connectivity index (χ3n) is 4.60. The van der Waals surface area contributed by atoms with Crippen molar-refractivity contribution in [2.24, 2.45) is 7.05 Å². The molecule has 0 spiro atoms. The molecule has 1 amide bonds. The number of rotatable bonds is 2. The van der Waals surface area contributed by atoms with Crippen molar-refractivity contribution in [2.45, 2.75) is 18.8 Å². The van der Waals surface area contributed by atoms with Crippen LogP contribution in [0.4, 0.5) is 0 Å². The fraction of sp³-hybridized carbons (Fsp3) is 0.333. The zero-order valence-electron chi connectivity index (χ0n) is 13.1. The lowest BCUT2D eigenvalue weighted by Gasteiger charge is -2.31. The Kier molecular flexibility index (Phi) is 3.65. The molecule has 2 aromatic heterocycles.